The molecule has 2 aromatic carbocycles. The third-order valence-electron chi connectivity index (χ3n) is 3.02. The Balaban J connectivity index is 2.19. The molecule has 102 valence electrons. The molecule has 3 nitrogen and oxygen atoms in total. The van der Waals surface area contributed by atoms with Crippen LogP contribution in [0.15, 0.2) is 54.6 Å². The van der Waals surface area contributed by atoms with Crippen LogP contribution in [0, 0.1) is 17.1 Å². The third-order valence-corrected chi connectivity index (χ3v) is 3.25. The summed E-state index contributed by atoms with van der Waals surface area (Å²) >= 11 is 6.00. The summed E-state index contributed by atoms with van der Waals surface area (Å²) in [4.78, 5) is 0. The van der Waals surface area contributed by atoms with Crippen molar-refractivity contribution in [1.82, 2.24) is 9.78 Å². The molecule has 5 heteroatoms. The van der Waals surface area contributed by atoms with Crippen LogP contribution >= 0.6 is 11.6 Å². The topological polar surface area (TPSA) is 41.6 Å². The molecule has 21 heavy (non-hydrogen) atoms. The normalized spacial score (nSPS) is 10.3. The van der Waals surface area contributed by atoms with Crippen LogP contribution in [0.3, 0.4) is 0 Å². The standard InChI is InChI=1S/C16H9ClFN3/c17-12-2-1-3-15(8-12)21-16(9-14(10-19)20-21)11-4-6-13(18)7-5-11/h1-9H. The fourth-order valence-electron chi connectivity index (χ4n) is 2.07. The van der Waals surface area contributed by atoms with E-state index in [4.69, 9.17) is 16.9 Å². The van der Waals surface area contributed by atoms with Crippen molar-refractivity contribution in [2.24, 2.45) is 0 Å². The number of halogens is 2. The van der Waals surface area contributed by atoms with Gasteiger partial charge in [-0.1, -0.05) is 17.7 Å². The smallest absolute Gasteiger partial charge is 0.163 e. The second-order valence-corrected chi connectivity index (χ2v) is 4.86. The van der Waals surface area contributed by atoms with Crippen molar-refractivity contribution in [3.8, 4) is 23.0 Å². The van der Waals surface area contributed by atoms with Crippen molar-refractivity contribution in [1.29, 1.82) is 5.26 Å². The average molecular weight is 298 g/mol. The van der Waals surface area contributed by atoms with Crippen molar-refractivity contribution in [2.75, 3.05) is 0 Å². The fourth-order valence-corrected chi connectivity index (χ4v) is 2.25. The predicted molar refractivity (Wildman–Crippen MR) is 78.7 cm³/mol. The van der Waals surface area contributed by atoms with Crippen molar-refractivity contribution in [2.45, 2.75) is 0 Å². The van der Waals surface area contributed by atoms with Gasteiger partial charge in [0.1, 0.15) is 11.9 Å². The van der Waals surface area contributed by atoms with Gasteiger partial charge in [0.25, 0.3) is 0 Å². The largest absolute Gasteiger partial charge is 0.232 e. The van der Waals surface area contributed by atoms with Gasteiger partial charge >= 0.3 is 0 Å². The van der Waals surface area contributed by atoms with Crippen molar-refractivity contribution in [3.63, 3.8) is 0 Å². The number of nitrogens with zero attached hydrogens (tertiary/aromatic N) is 3. The van der Waals surface area contributed by atoms with E-state index in [-0.39, 0.29) is 11.5 Å². The first-order valence-corrected chi connectivity index (χ1v) is 6.57. The molecule has 3 rings (SSSR count). The Kier molecular flexibility index (Phi) is 3.43. The van der Waals surface area contributed by atoms with Crippen molar-refractivity contribution in [3.05, 3.63) is 71.1 Å². The van der Waals surface area contributed by atoms with E-state index in [1.165, 1.54) is 12.1 Å². The van der Waals surface area contributed by atoms with Gasteiger partial charge in [-0.3, -0.25) is 0 Å². The van der Waals surface area contributed by atoms with Crippen LogP contribution in [0.4, 0.5) is 4.39 Å². The molecule has 0 aliphatic rings. The van der Waals surface area contributed by atoms with E-state index in [1.54, 1.807) is 41.1 Å². The van der Waals surface area contributed by atoms with Crippen LogP contribution in [0.2, 0.25) is 5.02 Å². The van der Waals surface area contributed by atoms with Crippen LogP contribution < -0.4 is 0 Å². The molecule has 0 saturated carbocycles. The van der Waals surface area contributed by atoms with E-state index in [0.29, 0.717) is 10.7 Å². The molecular weight excluding hydrogens is 289 g/mol. The van der Waals surface area contributed by atoms with Crippen LogP contribution in [0.5, 0.6) is 0 Å². The third kappa shape index (κ3) is 2.64. The summed E-state index contributed by atoms with van der Waals surface area (Å²) in [5.41, 5.74) is 2.50. The number of rotatable bonds is 2. The van der Waals surface area contributed by atoms with E-state index in [0.717, 1.165) is 11.3 Å². The summed E-state index contributed by atoms with van der Waals surface area (Å²) in [5, 5.41) is 13.9. The van der Waals surface area contributed by atoms with Crippen LogP contribution in [-0.2, 0) is 0 Å². The Morgan fingerprint density at radius 1 is 1.10 bits per heavy atom. The number of hydrogen-bond acceptors (Lipinski definition) is 2. The molecular formula is C16H9ClFN3. The molecule has 1 aromatic heterocycles. The molecule has 0 radical (unpaired) electrons. The molecule has 0 saturated heterocycles. The van der Waals surface area contributed by atoms with E-state index in [2.05, 4.69) is 5.10 Å². The van der Waals surface area contributed by atoms with E-state index in [1.807, 2.05) is 12.1 Å². The van der Waals surface area contributed by atoms with Crippen molar-refractivity contribution < 1.29 is 4.39 Å². The minimum atomic E-state index is -0.312. The van der Waals surface area contributed by atoms with Gasteiger partial charge in [0, 0.05) is 16.7 Å². The predicted octanol–water partition coefficient (Wildman–Crippen LogP) is 4.20. The average Bonchev–Trinajstić information content (AvgIpc) is 2.92. The lowest BCUT2D eigenvalue weighted by molar-refractivity contribution is 0.628. The first-order chi connectivity index (χ1) is 10.2. The Labute approximate surface area is 125 Å². The molecule has 0 spiro atoms. The highest BCUT2D eigenvalue weighted by molar-refractivity contribution is 6.30. The Morgan fingerprint density at radius 3 is 2.52 bits per heavy atom. The maximum Gasteiger partial charge on any atom is 0.163 e. The molecule has 0 fully saturated rings. The van der Waals surface area contributed by atoms with E-state index in [9.17, 15) is 4.39 Å². The molecule has 0 aliphatic carbocycles. The summed E-state index contributed by atoms with van der Waals surface area (Å²) in [6.45, 7) is 0. The Bertz CT molecular complexity index is 831. The molecule has 0 bridgehead atoms. The number of nitriles is 1. The molecule has 0 N–H and O–H groups in total. The van der Waals surface area contributed by atoms with Gasteiger partial charge in [0.05, 0.1) is 11.4 Å². The van der Waals surface area contributed by atoms with Gasteiger partial charge in [0.15, 0.2) is 5.69 Å². The van der Waals surface area contributed by atoms with Crippen LogP contribution in [0.25, 0.3) is 16.9 Å². The first-order valence-electron chi connectivity index (χ1n) is 6.19. The quantitative estimate of drug-likeness (QED) is 0.711. The maximum absolute atomic E-state index is 13.1. The van der Waals surface area contributed by atoms with Crippen LogP contribution in [-0.4, -0.2) is 9.78 Å². The lowest BCUT2D eigenvalue weighted by atomic mass is 10.1. The lowest BCUT2D eigenvalue weighted by Gasteiger charge is -2.07. The zero-order chi connectivity index (χ0) is 14.8. The molecule has 0 atom stereocenters. The van der Waals surface area contributed by atoms with Gasteiger partial charge < -0.3 is 0 Å². The summed E-state index contributed by atoms with van der Waals surface area (Å²) in [6, 6.07) is 16.9. The summed E-state index contributed by atoms with van der Waals surface area (Å²) in [5.74, 6) is -0.312. The number of aromatic nitrogens is 2. The van der Waals surface area contributed by atoms with E-state index < -0.39 is 0 Å². The van der Waals surface area contributed by atoms with E-state index >= 15 is 0 Å². The number of hydrogen-bond donors (Lipinski definition) is 0. The fraction of sp³-hybridized carbons (Fsp3) is 0. The zero-order valence-corrected chi connectivity index (χ0v) is 11.5. The van der Waals surface area contributed by atoms with Crippen molar-refractivity contribution >= 4 is 11.6 Å². The zero-order valence-electron chi connectivity index (χ0n) is 10.8. The minimum Gasteiger partial charge on any atom is -0.232 e. The Hall–Kier alpha value is -2.64. The molecule has 0 aliphatic heterocycles. The highest BCUT2D eigenvalue weighted by atomic mass is 35.5. The van der Waals surface area contributed by atoms with Gasteiger partial charge in [-0.15, -0.1) is 0 Å². The monoisotopic (exact) mass is 297 g/mol. The maximum atomic E-state index is 13.1. The summed E-state index contributed by atoms with van der Waals surface area (Å²) in [7, 11) is 0. The Morgan fingerprint density at radius 2 is 1.86 bits per heavy atom. The molecule has 1 heterocycles. The minimum absolute atomic E-state index is 0.286. The van der Waals surface area contributed by atoms with Gasteiger partial charge in [-0.25, -0.2) is 9.07 Å². The van der Waals surface area contributed by atoms with Gasteiger partial charge in [0.2, 0.25) is 0 Å². The molecule has 3 aromatic rings. The highest BCUT2D eigenvalue weighted by Gasteiger charge is 2.12. The van der Waals surface area contributed by atoms with Gasteiger partial charge in [-0.2, -0.15) is 10.4 Å². The molecule has 0 amide bonds. The SMILES string of the molecule is N#Cc1cc(-c2ccc(F)cc2)n(-c2cccc(Cl)c2)n1. The first kappa shape index (κ1) is 13.3. The summed E-state index contributed by atoms with van der Waals surface area (Å²) < 4.78 is 14.7. The van der Waals surface area contributed by atoms with Crippen LogP contribution in [0.1, 0.15) is 5.69 Å². The van der Waals surface area contributed by atoms with Gasteiger partial charge in [-0.05, 0) is 42.5 Å². The second-order valence-electron chi connectivity index (χ2n) is 4.43. The molecule has 0 unspecified atom stereocenters. The summed E-state index contributed by atoms with van der Waals surface area (Å²) in [6.07, 6.45) is 0. The lowest BCUT2D eigenvalue weighted by Crippen LogP contribution is -1.99. The highest BCUT2D eigenvalue weighted by Crippen LogP contribution is 2.25. The second kappa shape index (κ2) is 5.39. The number of benzene rings is 2.